The molecule has 0 spiro atoms. The highest BCUT2D eigenvalue weighted by Crippen LogP contribution is 2.31. The molecule has 2 aromatic rings. The van der Waals surface area contributed by atoms with Crippen molar-refractivity contribution >= 4 is 0 Å². The largest absolute Gasteiger partial charge is 0.467 e. The topological polar surface area (TPSA) is 43.0 Å². The summed E-state index contributed by atoms with van der Waals surface area (Å²) in [7, 11) is 3.87. The van der Waals surface area contributed by atoms with Crippen molar-refractivity contribution in [3.8, 4) is 11.1 Å². The van der Waals surface area contributed by atoms with Gasteiger partial charge in [0, 0.05) is 24.4 Å². The van der Waals surface area contributed by atoms with Crippen LogP contribution in [0.5, 0.6) is 0 Å². The third kappa shape index (κ3) is 2.26. The van der Waals surface area contributed by atoms with Gasteiger partial charge in [-0.05, 0) is 19.0 Å². The van der Waals surface area contributed by atoms with E-state index in [4.69, 9.17) is 4.42 Å². The molecule has 0 aliphatic rings. The van der Waals surface area contributed by atoms with Gasteiger partial charge < -0.3 is 9.73 Å². The second-order valence-electron chi connectivity index (χ2n) is 4.54. The molecule has 0 aliphatic carbocycles. The number of aromatic nitrogens is 2. The van der Waals surface area contributed by atoms with Crippen LogP contribution in [0, 0.1) is 0 Å². The summed E-state index contributed by atoms with van der Waals surface area (Å²) < 4.78 is 7.37. The zero-order chi connectivity index (χ0) is 12.4. The summed E-state index contributed by atoms with van der Waals surface area (Å²) in [4.78, 5) is 0. The van der Waals surface area contributed by atoms with Crippen LogP contribution in [0.15, 0.2) is 22.9 Å². The van der Waals surface area contributed by atoms with Crippen LogP contribution in [-0.4, -0.2) is 16.8 Å². The molecule has 17 heavy (non-hydrogen) atoms. The summed E-state index contributed by atoms with van der Waals surface area (Å²) >= 11 is 0. The van der Waals surface area contributed by atoms with E-state index in [-0.39, 0.29) is 0 Å². The zero-order valence-electron chi connectivity index (χ0n) is 10.8. The van der Waals surface area contributed by atoms with Crippen molar-refractivity contribution in [1.29, 1.82) is 0 Å². The van der Waals surface area contributed by atoms with Crippen molar-refractivity contribution in [3.05, 3.63) is 30.0 Å². The summed E-state index contributed by atoms with van der Waals surface area (Å²) in [5.41, 5.74) is 3.42. The first-order chi connectivity index (χ1) is 8.13. The average Bonchev–Trinajstić information content (AvgIpc) is 2.84. The molecule has 4 nitrogen and oxygen atoms in total. The maximum atomic E-state index is 5.50. The SMILES string of the molecule is CNCc1occc1-c1cn(C)nc1C(C)C. The second kappa shape index (κ2) is 4.75. The van der Waals surface area contributed by atoms with E-state index in [2.05, 4.69) is 30.5 Å². The van der Waals surface area contributed by atoms with E-state index < -0.39 is 0 Å². The number of aryl methyl sites for hydroxylation is 1. The van der Waals surface area contributed by atoms with Gasteiger partial charge in [0.05, 0.1) is 18.5 Å². The standard InChI is InChI=1S/C13H19N3O/c1-9(2)13-11(8-16(4)15-13)10-5-6-17-12(10)7-14-3/h5-6,8-9,14H,7H2,1-4H3. The highest BCUT2D eigenvalue weighted by atomic mass is 16.3. The van der Waals surface area contributed by atoms with Crippen LogP contribution in [-0.2, 0) is 13.6 Å². The molecule has 0 aromatic carbocycles. The lowest BCUT2D eigenvalue weighted by Gasteiger charge is -2.05. The Morgan fingerprint density at radius 3 is 2.82 bits per heavy atom. The molecule has 0 radical (unpaired) electrons. The van der Waals surface area contributed by atoms with E-state index in [1.54, 1.807) is 6.26 Å². The van der Waals surface area contributed by atoms with Crippen LogP contribution in [0.4, 0.5) is 0 Å². The minimum Gasteiger partial charge on any atom is -0.467 e. The molecule has 1 N–H and O–H groups in total. The van der Waals surface area contributed by atoms with E-state index in [1.165, 1.54) is 5.56 Å². The van der Waals surface area contributed by atoms with E-state index in [0.717, 1.165) is 23.6 Å². The van der Waals surface area contributed by atoms with Crippen LogP contribution in [0.1, 0.15) is 31.2 Å². The quantitative estimate of drug-likeness (QED) is 0.882. The first-order valence-electron chi connectivity index (χ1n) is 5.88. The number of hydrogen-bond donors (Lipinski definition) is 1. The molecule has 2 rings (SSSR count). The Kier molecular flexibility index (Phi) is 3.33. The number of furan rings is 1. The van der Waals surface area contributed by atoms with Crippen molar-refractivity contribution in [3.63, 3.8) is 0 Å². The number of rotatable bonds is 4. The molecule has 4 heteroatoms. The van der Waals surface area contributed by atoms with E-state index in [0.29, 0.717) is 5.92 Å². The maximum Gasteiger partial charge on any atom is 0.125 e. The van der Waals surface area contributed by atoms with Gasteiger partial charge in [-0.15, -0.1) is 0 Å². The summed E-state index contributed by atoms with van der Waals surface area (Å²) in [5.74, 6) is 1.37. The predicted octanol–water partition coefficient (Wildman–Crippen LogP) is 2.52. The molecular formula is C13H19N3O. The second-order valence-corrected chi connectivity index (χ2v) is 4.54. The highest BCUT2D eigenvalue weighted by Gasteiger charge is 2.17. The monoisotopic (exact) mass is 233 g/mol. The Labute approximate surface area is 102 Å². The smallest absolute Gasteiger partial charge is 0.125 e. The predicted molar refractivity (Wildman–Crippen MR) is 67.8 cm³/mol. The fraction of sp³-hybridized carbons (Fsp3) is 0.462. The minimum absolute atomic E-state index is 0.406. The van der Waals surface area contributed by atoms with Gasteiger partial charge in [0.25, 0.3) is 0 Å². The highest BCUT2D eigenvalue weighted by molar-refractivity contribution is 5.67. The average molecular weight is 233 g/mol. The molecule has 0 aliphatic heterocycles. The molecule has 0 unspecified atom stereocenters. The van der Waals surface area contributed by atoms with Crippen molar-refractivity contribution in [2.45, 2.75) is 26.3 Å². The van der Waals surface area contributed by atoms with Crippen molar-refractivity contribution in [2.24, 2.45) is 7.05 Å². The molecule has 0 fully saturated rings. The van der Waals surface area contributed by atoms with Crippen molar-refractivity contribution < 1.29 is 4.42 Å². The third-order valence-electron chi connectivity index (χ3n) is 2.78. The maximum absolute atomic E-state index is 5.50. The van der Waals surface area contributed by atoms with Gasteiger partial charge in [0.15, 0.2) is 0 Å². The van der Waals surface area contributed by atoms with Gasteiger partial charge in [0.2, 0.25) is 0 Å². The van der Waals surface area contributed by atoms with Gasteiger partial charge in [-0.1, -0.05) is 13.8 Å². The molecule has 0 atom stereocenters. The first kappa shape index (κ1) is 11.9. The summed E-state index contributed by atoms with van der Waals surface area (Å²) in [5, 5.41) is 7.64. The molecule has 0 saturated carbocycles. The summed E-state index contributed by atoms with van der Waals surface area (Å²) in [6.45, 7) is 5.04. The number of nitrogens with one attached hydrogen (secondary N) is 1. The van der Waals surface area contributed by atoms with E-state index in [9.17, 15) is 0 Å². The number of nitrogens with zero attached hydrogens (tertiary/aromatic N) is 2. The molecular weight excluding hydrogens is 214 g/mol. The van der Waals surface area contributed by atoms with Gasteiger partial charge in [-0.25, -0.2) is 0 Å². The van der Waals surface area contributed by atoms with Gasteiger partial charge in [0.1, 0.15) is 5.76 Å². The van der Waals surface area contributed by atoms with E-state index in [1.807, 2.05) is 24.8 Å². The molecule has 92 valence electrons. The summed E-state index contributed by atoms with van der Waals surface area (Å²) in [6, 6.07) is 2.01. The lowest BCUT2D eigenvalue weighted by atomic mass is 10.0. The Balaban J connectivity index is 2.48. The van der Waals surface area contributed by atoms with Crippen LogP contribution >= 0.6 is 0 Å². The molecule has 0 amide bonds. The lowest BCUT2D eigenvalue weighted by Crippen LogP contribution is -2.05. The van der Waals surface area contributed by atoms with Gasteiger partial charge in [-0.2, -0.15) is 5.10 Å². The normalized spacial score (nSPS) is 11.4. The Morgan fingerprint density at radius 2 is 2.18 bits per heavy atom. The number of hydrogen-bond acceptors (Lipinski definition) is 3. The van der Waals surface area contributed by atoms with Crippen LogP contribution in [0.2, 0.25) is 0 Å². The van der Waals surface area contributed by atoms with Crippen LogP contribution in [0.25, 0.3) is 11.1 Å². The fourth-order valence-electron chi connectivity index (χ4n) is 2.02. The van der Waals surface area contributed by atoms with E-state index >= 15 is 0 Å². The first-order valence-corrected chi connectivity index (χ1v) is 5.88. The molecule has 0 saturated heterocycles. The molecule has 2 heterocycles. The fourth-order valence-corrected chi connectivity index (χ4v) is 2.02. The molecule has 2 aromatic heterocycles. The van der Waals surface area contributed by atoms with Crippen molar-refractivity contribution in [2.75, 3.05) is 7.05 Å². The minimum atomic E-state index is 0.406. The Hall–Kier alpha value is -1.55. The van der Waals surface area contributed by atoms with Crippen LogP contribution < -0.4 is 5.32 Å². The van der Waals surface area contributed by atoms with Crippen molar-refractivity contribution in [1.82, 2.24) is 15.1 Å². The molecule has 0 bridgehead atoms. The third-order valence-corrected chi connectivity index (χ3v) is 2.78. The Morgan fingerprint density at radius 1 is 1.41 bits per heavy atom. The summed E-state index contributed by atoms with van der Waals surface area (Å²) in [6.07, 6.45) is 3.79. The van der Waals surface area contributed by atoms with Gasteiger partial charge in [-0.3, -0.25) is 4.68 Å². The van der Waals surface area contributed by atoms with Gasteiger partial charge >= 0.3 is 0 Å². The zero-order valence-corrected chi connectivity index (χ0v) is 10.8. The Bertz CT molecular complexity index is 496. The lowest BCUT2D eigenvalue weighted by molar-refractivity contribution is 0.496. The van der Waals surface area contributed by atoms with Crippen LogP contribution in [0.3, 0.4) is 0 Å².